The Morgan fingerprint density at radius 2 is 2.29 bits per heavy atom. The predicted molar refractivity (Wildman–Crippen MR) is 68.6 cm³/mol. The number of furan rings is 1. The maximum absolute atomic E-state index is 11.8. The molecule has 0 saturated heterocycles. The van der Waals surface area contributed by atoms with Crippen LogP contribution in [0.2, 0.25) is 5.22 Å². The molecule has 1 atom stereocenters. The molecule has 1 aromatic heterocycles. The van der Waals surface area contributed by atoms with E-state index in [1.807, 2.05) is 6.92 Å². The molecule has 1 aliphatic rings. The zero-order valence-electron chi connectivity index (χ0n) is 9.53. The summed E-state index contributed by atoms with van der Waals surface area (Å²) in [5.41, 5.74) is 5.37. The van der Waals surface area contributed by atoms with Gasteiger partial charge in [-0.3, -0.25) is 4.79 Å². The van der Waals surface area contributed by atoms with E-state index < -0.39 is 0 Å². The number of carbonyl (C=O) groups excluding carboxylic acids is 1. The molecule has 0 aromatic carbocycles. The fourth-order valence-corrected chi connectivity index (χ4v) is 1.94. The highest BCUT2D eigenvalue weighted by Gasteiger charge is 2.41. The Morgan fingerprint density at radius 1 is 1.65 bits per heavy atom. The number of halogens is 2. The summed E-state index contributed by atoms with van der Waals surface area (Å²) in [7, 11) is 0. The van der Waals surface area contributed by atoms with Crippen LogP contribution in [0, 0.1) is 5.92 Å². The van der Waals surface area contributed by atoms with Gasteiger partial charge in [0, 0.05) is 6.54 Å². The molecule has 3 N–H and O–H groups in total. The van der Waals surface area contributed by atoms with Crippen molar-refractivity contribution in [2.75, 3.05) is 6.54 Å². The fraction of sp³-hybridized carbons (Fsp3) is 0.545. The average Bonchev–Trinajstić information content (AvgIpc) is 3.02. The van der Waals surface area contributed by atoms with E-state index in [0.717, 1.165) is 12.8 Å². The van der Waals surface area contributed by atoms with E-state index >= 15 is 0 Å². The fourth-order valence-electron chi connectivity index (χ4n) is 1.80. The first-order valence-electron chi connectivity index (χ1n) is 5.33. The van der Waals surface area contributed by atoms with Crippen LogP contribution >= 0.6 is 24.0 Å². The second kappa shape index (κ2) is 5.29. The third-order valence-electron chi connectivity index (χ3n) is 3.10. The van der Waals surface area contributed by atoms with Crippen molar-refractivity contribution < 1.29 is 9.21 Å². The Hall–Kier alpha value is -0.710. The topological polar surface area (TPSA) is 68.3 Å². The molecule has 6 heteroatoms. The summed E-state index contributed by atoms with van der Waals surface area (Å²) in [5, 5.41) is 3.13. The van der Waals surface area contributed by atoms with Crippen LogP contribution in [0.1, 0.15) is 30.3 Å². The molecule has 1 heterocycles. The van der Waals surface area contributed by atoms with Gasteiger partial charge in [-0.25, -0.2) is 0 Å². The minimum Gasteiger partial charge on any atom is -0.440 e. The van der Waals surface area contributed by atoms with E-state index in [9.17, 15) is 4.79 Å². The van der Waals surface area contributed by atoms with Crippen molar-refractivity contribution >= 4 is 29.9 Å². The van der Waals surface area contributed by atoms with E-state index in [0.29, 0.717) is 12.5 Å². The minimum absolute atomic E-state index is 0. The highest BCUT2D eigenvalue weighted by molar-refractivity contribution is 6.29. The van der Waals surface area contributed by atoms with Gasteiger partial charge in [-0.15, -0.1) is 12.4 Å². The zero-order valence-corrected chi connectivity index (χ0v) is 11.1. The molecule has 2 rings (SSSR count). The maximum atomic E-state index is 11.8. The van der Waals surface area contributed by atoms with Crippen LogP contribution in [-0.4, -0.2) is 18.0 Å². The van der Waals surface area contributed by atoms with Crippen LogP contribution < -0.4 is 11.1 Å². The largest absolute Gasteiger partial charge is 0.440 e. The van der Waals surface area contributed by atoms with Crippen LogP contribution in [0.25, 0.3) is 0 Å². The molecule has 0 radical (unpaired) electrons. The van der Waals surface area contributed by atoms with Gasteiger partial charge in [0.25, 0.3) is 5.91 Å². The number of nitrogens with one attached hydrogen (secondary N) is 1. The summed E-state index contributed by atoms with van der Waals surface area (Å²) in [6, 6.07) is 3.11. The Labute approximate surface area is 111 Å². The predicted octanol–water partition coefficient (Wildman–Crippen LogP) is 2.21. The normalized spacial score (nSPS) is 18.1. The van der Waals surface area contributed by atoms with Gasteiger partial charge in [0.15, 0.2) is 11.0 Å². The lowest BCUT2D eigenvalue weighted by Gasteiger charge is -2.28. The first kappa shape index (κ1) is 14.4. The molecule has 1 saturated carbocycles. The van der Waals surface area contributed by atoms with Crippen LogP contribution in [0.4, 0.5) is 0 Å². The third kappa shape index (κ3) is 3.15. The van der Waals surface area contributed by atoms with Gasteiger partial charge in [0.1, 0.15) is 0 Å². The van der Waals surface area contributed by atoms with Gasteiger partial charge < -0.3 is 15.5 Å². The van der Waals surface area contributed by atoms with E-state index in [2.05, 4.69) is 5.32 Å². The molecule has 96 valence electrons. The first-order chi connectivity index (χ1) is 7.55. The quantitative estimate of drug-likeness (QED) is 0.887. The lowest BCUT2D eigenvalue weighted by atomic mass is 9.96. The molecular weight excluding hydrogens is 263 g/mol. The van der Waals surface area contributed by atoms with E-state index in [1.165, 1.54) is 0 Å². The van der Waals surface area contributed by atoms with Crippen LogP contribution in [0.3, 0.4) is 0 Å². The molecule has 0 spiro atoms. The van der Waals surface area contributed by atoms with Crippen LogP contribution in [-0.2, 0) is 0 Å². The van der Waals surface area contributed by atoms with E-state index in [1.54, 1.807) is 12.1 Å². The molecule has 0 aliphatic heterocycles. The van der Waals surface area contributed by atoms with Crippen molar-refractivity contribution in [1.82, 2.24) is 5.32 Å². The highest BCUT2D eigenvalue weighted by atomic mass is 35.5. The smallest absolute Gasteiger partial charge is 0.287 e. The van der Waals surface area contributed by atoms with Crippen molar-refractivity contribution in [3.63, 3.8) is 0 Å². The van der Waals surface area contributed by atoms with Crippen molar-refractivity contribution in [2.45, 2.75) is 25.3 Å². The number of rotatable bonds is 4. The lowest BCUT2D eigenvalue weighted by molar-refractivity contribution is 0.0869. The summed E-state index contributed by atoms with van der Waals surface area (Å²) in [4.78, 5) is 11.8. The SMILES string of the molecule is CC(CN)(NC(=O)c1ccc(Cl)o1)C1CC1.Cl. The Morgan fingerprint density at radius 3 is 2.71 bits per heavy atom. The van der Waals surface area contributed by atoms with Gasteiger partial charge in [-0.2, -0.15) is 0 Å². The van der Waals surface area contributed by atoms with Crippen molar-refractivity contribution in [3.8, 4) is 0 Å². The summed E-state index contributed by atoms with van der Waals surface area (Å²) in [6.45, 7) is 2.39. The third-order valence-corrected chi connectivity index (χ3v) is 3.30. The average molecular weight is 279 g/mol. The van der Waals surface area contributed by atoms with Crippen molar-refractivity contribution in [3.05, 3.63) is 23.1 Å². The molecule has 1 aromatic rings. The van der Waals surface area contributed by atoms with Crippen molar-refractivity contribution in [2.24, 2.45) is 11.7 Å². The molecule has 1 aliphatic carbocycles. The molecule has 1 amide bonds. The number of carbonyl (C=O) groups is 1. The van der Waals surface area contributed by atoms with Crippen molar-refractivity contribution in [1.29, 1.82) is 0 Å². The number of amides is 1. The van der Waals surface area contributed by atoms with Gasteiger partial charge in [-0.1, -0.05) is 0 Å². The van der Waals surface area contributed by atoms with Gasteiger partial charge >= 0.3 is 0 Å². The Kier molecular flexibility index (Phi) is 4.47. The molecule has 17 heavy (non-hydrogen) atoms. The molecule has 1 unspecified atom stereocenters. The monoisotopic (exact) mass is 278 g/mol. The number of hydrogen-bond acceptors (Lipinski definition) is 3. The summed E-state index contributed by atoms with van der Waals surface area (Å²) in [6.07, 6.45) is 2.24. The van der Waals surface area contributed by atoms with Gasteiger partial charge in [0.05, 0.1) is 5.54 Å². The molecule has 0 bridgehead atoms. The second-order valence-corrected chi connectivity index (χ2v) is 4.83. The van der Waals surface area contributed by atoms with E-state index in [-0.39, 0.29) is 34.8 Å². The van der Waals surface area contributed by atoms with Crippen LogP contribution in [0.5, 0.6) is 0 Å². The molecular formula is C11H16Cl2N2O2. The van der Waals surface area contributed by atoms with Gasteiger partial charge in [-0.05, 0) is 49.4 Å². The maximum Gasteiger partial charge on any atom is 0.287 e. The minimum atomic E-state index is -0.337. The molecule has 1 fully saturated rings. The lowest BCUT2D eigenvalue weighted by Crippen LogP contribution is -2.53. The standard InChI is InChI=1S/C11H15ClN2O2.ClH/c1-11(6-13,7-2-3-7)14-10(15)8-4-5-9(12)16-8;/h4-5,7H,2-3,6,13H2,1H3,(H,14,15);1H. The Bertz CT molecular complexity index is 404. The molecule has 4 nitrogen and oxygen atoms in total. The van der Waals surface area contributed by atoms with Crippen LogP contribution in [0.15, 0.2) is 16.5 Å². The summed E-state index contributed by atoms with van der Waals surface area (Å²) < 4.78 is 5.05. The highest BCUT2D eigenvalue weighted by Crippen LogP contribution is 2.39. The zero-order chi connectivity index (χ0) is 11.8. The second-order valence-electron chi connectivity index (χ2n) is 4.45. The van der Waals surface area contributed by atoms with E-state index in [4.69, 9.17) is 21.8 Å². The summed E-state index contributed by atoms with van der Waals surface area (Å²) >= 11 is 5.61. The number of hydrogen-bond donors (Lipinski definition) is 2. The number of nitrogens with two attached hydrogens (primary N) is 1. The summed E-state index contributed by atoms with van der Waals surface area (Å²) in [5.74, 6) is 0.448. The van der Waals surface area contributed by atoms with Gasteiger partial charge in [0.2, 0.25) is 0 Å². The Balaban J connectivity index is 0.00000144. The first-order valence-corrected chi connectivity index (χ1v) is 5.71.